The highest BCUT2D eigenvalue weighted by Crippen LogP contribution is 2.30. The Morgan fingerprint density at radius 3 is 2.55 bits per heavy atom. The van der Waals surface area contributed by atoms with Crippen LogP contribution in [-0.4, -0.2) is 37.2 Å². The van der Waals surface area contributed by atoms with Gasteiger partial charge in [-0.25, -0.2) is 0 Å². The zero-order valence-electron chi connectivity index (χ0n) is 19.1. The fraction of sp³-hybridized carbons (Fsp3) is 0.333. The second kappa shape index (κ2) is 9.54. The molecule has 0 saturated carbocycles. The molecule has 0 bridgehead atoms. The third-order valence-corrected chi connectivity index (χ3v) is 6.03. The Morgan fingerprint density at radius 1 is 0.935 bits per heavy atom. The highest BCUT2D eigenvalue weighted by atomic mass is 16.5. The van der Waals surface area contributed by atoms with Gasteiger partial charge in [0.25, 0.3) is 0 Å². The van der Waals surface area contributed by atoms with E-state index in [4.69, 9.17) is 4.74 Å². The Labute approximate surface area is 185 Å². The molecule has 0 fully saturated rings. The number of ether oxygens (including phenoxy) is 1. The molecule has 1 aromatic heterocycles. The standard InChI is InChI=1S/C27H33N3O/c1-20(22-9-7-10-23(18-22)31-4)28-19-21-13-14-27-25(17-21)24-11-5-6-12-26(24)30(27)16-8-15-29(2)3/h5-7,9-14,17-18,20,28H,8,15-16,19H2,1-4H3. The maximum atomic E-state index is 5.37. The summed E-state index contributed by atoms with van der Waals surface area (Å²) >= 11 is 0. The molecule has 4 rings (SSSR count). The number of nitrogens with one attached hydrogen (secondary N) is 1. The van der Waals surface area contributed by atoms with Gasteiger partial charge in [-0.1, -0.05) is 36.4 Å². The molecule has 1 atom stereocenters. The van der Waals surface area contributed by atoms with E-state index in [2.05, 4.69) is 90.4 Å². The Bertz CT molecular complexity index is 1160. The first-order chi connectivity index (χ1) is 15.1. The zero-order chi connectivity index (χ0) is 21.8. The molecule has 4 nitrogen and oxygen atoms in total. The van der Waals surface area contributed by atoms with Crippen molar-refractivity contribution in [2.45, 2.75) is 32.5 Å². The molecule has 0 spiro atoms. The van der Waals surface area contributed by atoms with Gasteiger partial charge in [0.05, 0.1) is 7.11 Å². The van der Waals surface area contributed by atoms with Crippen LogP contribution in [0.1, 0.15) is 30.5 Å². The first kappa shape index (κ1) is 21.4. The predicted octanol–water partition coefficient (Wildman–Crippen LogP) is 5.61. The number of rotatable bonds is 9. The average molecular weight is 416 g/mol. The summed E-state index contributed by atoms with van der Waals surface area (Å²) in [6.45, 7) is 5.16. The SMILES string of the molecule is COc1cccc(C(C)NCc2ccc3c(c2)c2ccccc2n3CCCN(C)C)c1. The van der Waals surface area contributed by atoms with Gasteiger partial charge in [-0.15, -0.1) is 0 Å². The monoisotopic (exact) mass is 415 g/mol. The van der Waals surface area contributed by atoms with Gasteiger partial charge in [0.1, 0.15) is 5.75 Å². The molecular formula is C27H33N3O. The van der Waals surface area contributed by atoms with Gasteiger partial charge >= 0.3 is 0 Å². The lowest BCUT2D eigenvalue weighted by Gasteiger charge is -2.15. The van der Waals surface area contributed by atoms with Crippen LogP contribution in [0, 0.1) is 0 Å². The van der Waals surface area contributed by atoms with E-state index in [1.807, 2.05) is 12.1 Å². The highest BCUT2D eigenvalue weighted by Gasteiger charge is 2.12. The number of methoxy groups -OCH3 is 1. The molecule has 0 amide bonds. The Kier molecular flexibility index (Phi) is 6.59. The van der Waals surface area contributed by atoms with Crippen molar-refractivity contribution in [2.24, 2.45) is 0 Å². The van der Waals surface area contributed by atoms with Crippen LogP contribution < -0.4 is 10.1 Å². The average Bonchev–Trinajstić information content (AvgIpc) is 3.10. The molecule has 31 heavy (non-hydrogen) atoms. The summed E-state index contributed by atoms with van der Waals surface area (Å²) in [6.07, 6.45) is 1.14. The number of nitrogens with zero attached hydrogens (tertiary/aromatic N) is 2. The summed E-state index contributed by atoms with van der Waals surface area (Å²) < 4.78 is 7.84. The Balaban J connectivity index is 1.57. The molecule has 0 aliphatic heterocycles. The molecule has 4 aromatic rings. The normalized spacial score (nSPS) is 12.7. The van der Waals surface area contributed by atoms with Gasteiger partial charge in [-0.3, -0.25) is 0 Å². The molecule has 162 valence electrons. The van der Waals surface area contributed by atoms with Crippen molar-refractivity contribution in [3.63, 3.8) is 0 Å². The van der Waals surface area contributed by atoms with E-state index < -0.39 is 0 Å². The van der Waals surface area contributed by atoms with Crippen LogP contribution in [0.3, 0.4) is 0 Å². The number of aryl methyl sites for hydroxylation is 1. The van der Waals surface area contributed by atoms with E-state index in [1.165, 1.54) is 32.9 Å². The van der Waals surface area contributed by atoms with Gasteiger partial charge in [-0.05, 0) is 75.4 Å². The topological polar surface area (TPSA) is 29.4 Å². The van der Waals surface area contributed by atoms with Crippen LogP contribution in [0.5, 0.6) is 5.75 Å². The van der Waals surface area contributed by atoms with Crippen molar-refractivity contribution >= 4 is 21.8 Å². The second-order valence-electron chi connectivity index (χ2n) is 8.56. The maximum absolute atomic E-state index is 5.37. The summed E-state index contributed by atoms with van der Waals surface area (Å²) in [5.74, 6) is 0.898. The van der Waals surface area contributed by atoms with Crippen molar-refractivity contribution in [3.05, 3.63) is 77.9 Å². The number of benzene rings is 3. The van der Waals surface area contributed by atoms with Crippen LogP contribution in [0.15, 0.2) is 66.7 Å². The summed E-state index contributed by atoms with van der Waals surface area (Å²) in [5.41, 5.74) is 5.19. The predicted molar refractivity (Wildman–Crippen MR) is 131 cm³/mol. The van der Waals surface area contributed by atoms with Gasteiger partial charge < -0.3 is 19.5 Å². The van der Waals surface area contributed by atoms with Gasteiger partial charge in [-0.2, -0.15) is 0 Å². The van der Waals surface area contributed by atoms with Crippen molar-refractivity contribution in [1.29, 1.82) is 0 Å². The number of fused-ring (bicyclic) bond motifs is 3. The third-order valence-electron chi connectivity index (χ3n) is 6.03. The van der Waals surface area contributed by atoms with Gasteiger partial charge in [0.2, 0.25) is 0 Å². The minimum absolute atomic E-state index is 0.248. The largest absolute Gasteiger partial charge is 0.497 e. The lowest BCUT2D eigenvalue weighted by Crippen LogP contribution is -2.18. The lowest BCUT2D eigenvalue weighted by atomic mass is 10.1. The summed E-state index contributed by atoms with van der Waals surface area (Å²) in [6, 6.07) is 24.2. The number of para-hydroxylation sites is 1. The first-order valence-corrected chi connectivity index (χ1v) is 11.1. The summed E-state index contributed by atoms with van der Waals surface area (Å²) in [5, 5.41) is 6.34. The Morgan fingerprint density at radius 2 is 1.74 bits per heavy atom. The van der Waals surface area contributed by atoms with Crippen LogP contribution in [-0.2, 0) is 13.1 Å². The van der Waals surface area contributed by atoms with E-state index in [0.29, 0.717) is 0 Å². The maximum Gasteiger partial charge on any atom is 0.119 e. The molecule has 0 aliphatic rings. The molecule has 1 N–H and O–H groups in total. The summed E-state index contributed by atoms with van der Waals surface area (Å²) in [4.78, 5) is 2.25. The fourth-order valence-corrected chi connectivity index (χ4v) is 4.30. The van der Waals surface area contributed by atoms with E-state index in [-0.39, 0.29) is 6.04 Å². The molecule has 3 aromatic carbocycles. The quantitative estimate of drug-likeness (QED) is 0.385. The molecule has 0 aliphatic carbocycles. The molecular weight excluding hydrogens is 382 g/mol. The van der Waals surface area contributed by atoms with E-state index in [1.54, 1.807) is 7.11 Å². The first-order valence-electron chi connectivity index (χ1n) is 11.1. The number of hydrogen-bond donors (Lipinski definition) is 1. The van der Waals surface area contributed by atoms with Crippen LogP contribution in [0.2, 0.25) is 0 Å². The highest BCUT2D eigenvalue weighted by molar-refractivity contribution is 6.08. The van der Waals surface area contributed by atoms with Crippen LogP contribution in [0.4, 0.5) is 0 Å². The smallest absolute Gasteiger partial charge is 0.119 e. The molecule has 4 heteroatoms. The van der Waals surface area contributed by atoms with Crippen molar-refractivity contribution in [3.8, 4) is 5.75 Å². The van der Waals surface area contributed by atoms with Crippen LogP contribution in [0.25, 0.3) is 21.8 Å². The van der Waals surface area contributed by atoms with Crippen molar-refractivity contribution < 1.29 is 4.74 Å². The molecule has 1 unspecified atom stereocenters. The lowest BCUT2D eigenvalue weighted by molar-refractivity contribution is 0.389. The third kappa shape index (κ3) is 4.76. The molecule has 0 saturated heterocycles. The van der Waals surface area contributed by atoms with Gasteiger partial charge in [0, 0.05) is 40.9 Å². The van der Waals surface area contributed by atoms with Crippen molar-refractivity contribution in [1.82, 2.24) is 14.8 Å². The fourth-order valence-electron chi connectivity index (χ4n) is 4.30. The van der Waals surface area contributed by atoms with Crippen molar-refractivity contribution in [2.75, 3.05) is 27.7 Å². The second-order valence-corrected chi connectivity index (χ2v) is 8.56. The van der Waals surface area contributed by atoms with Crippen LogP contribution >= 0.6 is 0 Å². The number of aromatic nitrogens is 1. The Hall–Kier alpha value is -2.82. The zero-order valence-corrected chi connectivity index (χ0v) is 19.1. The van der Waals surface area contributed by atoms with E-state index >= 15 is 0 Å². The van der Waals surface area contributed by atoms with Gasteiger partial charge in [0.15, 0.2) is 0 Å². The molecule has 0 radical (unpaired) electrons. The number of hydrogen-bond acceptors (Lipinski definition) is 3. The minimum Gasteiger partial charge on any atom is -0.497 e. The minimum atomic E-state index is 0.248. The summed E-state index contributed by atoms with van der Waals surface area (Å²) in [7, 11) is 5.98. The van der Waals surface area contributed by atoms with E-state index in [0.717, 1.165) is 31.8 Å². The molecule has 1 heterocycles. The van der Waals surface area contributed by atoms with E-state index in [9.17, 15) is 0 Å².